The molecule has 0 radical (unpaired) electrons. The van der Waals surface area contributed by atoms with Crippen LogP contribution in [0.2, 0.25) is 0 Å². The molecule has 1 aromatic rings. The van der Waals surface area contributed by atoms with Crippen LogP contribution in [-0.2, 0) is 9.59 Å². The van der Waals surface area contributed by atoms with Gasteiger partial charge in [-0.15, -0.1) is 0 Å². The SMILES string of the molecule is CCC(Oc1ccccc1)C(=O)NNC(=O)C1CCCCC1. The summed E-state index contributed by atoms with van der Waals surface area (Å²) in [6.07, 6.45) is 5.08. The Morgan fingerprint density at radius 2 is 1.82 bits per heavy atom. The molecule has 0 aromatic heterocycles. The van der Waals surface area contributed by atoms with Crippen LogP contribution >= 0.6 is 0 Å². The van der Waals surface area contributed by atoms with Gasteiger partial charge in [0, 0.05) is 5.92 Å². The smallest absolute Gasteiger partial charge is 0.279 e. The van der Waals surface area contributed by atoms with Crippen molar-refractivity contribution in [3.05, 3.63) is 30.3 Å². The fourth-order valence-corrected chi connectivity index (χ4v) is 2.66. The zero-order valence-corrected chi connectivity index (χ0v) is 13.0. The van der Waals surface area contributed by atoms with Gasteiger partial charge in [0.05, 0.1) is 0 Å². The van der Waals surface area contributed by atoms with E-state index >= 15 is 0 Å². The van der Waals surface area contributed by atoms with Crippen LogP contribution in [0.5, 0.6) is 5.75 Å². The fraction of sp³-hybridized carbons (Fsp3) is 0.529. The van der Waals surface area contributed by atoms with Gasteiger partial charge in [0.2, 0.25) is 5.91 Å². The number of benzene rings is 1. The lowest BCUT2D eigenvalue weighted by Gasteiger charge is -2.22. The van der Waals surface area contributed by atoms with Crippen LogP contribution in [0, 0.1) is 5.92 Å². The number of rotatable bonds is 5. The normalized spacial score (nSPS) is 16.6. The lowest BCUT2D eigenvalue weighted by Crippen LogP contribution is -2.49. The Hall–Kier alpha value is -2.04. The van der Waals surface area contributed by atoms with Crippen molar-refractivity contribution in [3.63, 3.8) is 0 Å². The molecule has 1 aliphatic carbocycles. The molecule has 2 N–H and O–H groups in total. The van der Waals surface area contributed by atoms with E-state index in [1.165, 1.54) is 6.42 Å². The molecule has 1 atom stereocenters. The van der Waals surface area contributed by atoms with E-state index in [1.54, 1.807) is 12.1 Å². The third kappa shape index (κ3) is 4.76. The highest BCUT2D eigenvalue weighted by Crippen LogP contribution is 2.23. The molecule has 0 heterocycles. The molecule has 22 heavy (non-hydrogen) atoms. The van der Waals surface area contributed by atoms with Crippen LogP contribution in [0.4, 0.5) is 0 Å². The van der Waals surface area contributed by atoms with E-state index < -0.39 is 6.10 Å². The quantitative estimate of drug-likeness (QED) is 0.822. The Labute approximate surface area is 131 Å². The highest BCUT2D eigenvalue weighted by molar-refractivity contribution is 5.85. The molecule has 5 heteroatoms. The van der Waals surface area contributed by atoms with Crippen molar-refractivity contribution in [1.29, 1.82) is 0 Å². The molecule has 0 spiro atoms. The summed E-state index contributed by atoms with van der Waals surface area (Å²) in [7, 11) is 0. The molecule has 1 fully saturated rings. The van der Waals surface area contributed by atoms with Gasteiger partial charge in [0.1, 0.15) is 5.75 Å². The highest BCUT2D eigenvalue weighted by Gasteiger charge is 2.23. The first kappa shape index (κ1) is 16.3. The van der Waals surface area contributed by atoms with Gasteiger partial charge in [0.15, 0.2) is 6.10 Å². The Morgan fingerprint density at radius 1 is 1.14 bits per heavy atom. The molecule has 1 aromatic carbocycles. The van der Waals surface area contributed by atoms with E-state index in [9.17, 15) is 9.59 Å². The monoisotopic (exact) mass is 304 g/mol. The van der Waals surface area contributed by atoms with Crippen LogP contribution in [0.3, 0.4) is 0 Å². The molecule has 0 saturated heterocycles. The average molecular weight is 304 g/mol. The van der Waals surface area contributed by atoms with E-state index in [0.29, 0.717) is 12.2 Å². The summed E-state index contributed by atoms with van der Waals surface area (Å²) in [5, 5.41) is 0. The Bertz CT molecular complexity index is 484. The van der Waals surface area contributed by atoms with E-state index in [1.807, 2.05) is 25.1 Å². The highest BCUT2D eigenvalue weighted by atomic mass is 16.5. The van der Waals surface area contributed by atoms with Crippen LogP contribution in [0.15, 0.2) is 30.3 Å². The first-order valence-electron chi connectivity index (χ1n) is 8.02. The number of ether oxygens (including phenoxy) is 1. The summed E-state index contributed by atoms with van der Waals surface area (Å²) < 4.78 is 5.64. The van der Waals surface area contributed by atoms with E-state index in [0.717, 1.165) is 25.7 Å². The first-order valence-corrected chi connectivity index (χ1v) is 8.02. The third-order valence-electron chi connectivity index (χ3n) is 3.97. The molecular weight excluding hydrogens is 280 g/mol. The summed E-state index contributed by atoms with van der Waals surface area (Å²) in [6, 6.07) is 9.20. The van der Waals surface area contributed by atoms with Crippen molar-refractivity contribution in [3.8, 4) is 5.75 Å². The maximum atomic E-state index is 12.1. The van der Waals surface area contributed by atoms with E-state index in [2.05, 4.69) is 10.9 Å². The van der Waals surface area contributed by atoms with Gasteiger partial charge < -0.3 is 4.74 Å². The van der Waals surface area contributed by atoms with Gasteiger partial charge in [-0.2, -0.15) is 0 Å². The first-order chi connectivity index (χ1) is 10.7. The zero-order chi connectivity index (χ0) is 15.8. The van der Waals surface area contributed by atoms with Crippen molar-refractivity contribution in [1.82, 2.24) is 10.9 Å². The third-order valence-corrected chi connectivity index (χ3v) is 3.97. The molecule has 2 amide bonds. The maximum Gasteiger partial charge on any atom is 0.279 e. The van der Waals surface area contributed by atoms with Crippen molar-refractivity contribution < 1.29 is 14.3 Å². The number of nitrogens with one attached hydrogen (secondary N) is 2. The Morgan fingerprint density at radius 3 is 2.45 bits per heavy atom. The molecule has 120 valence electrons. The second-order valence-electron chi connectivity index (χ2n) is 5.64. The van der Waals surface area contributed by atoms with Gasteiger partial charge in [-0.1, -0.05) is 44.4 Å². The van der Waals surface area contributed by atoms with Gasteiger partial charge >= 0.3 is 0 Å². The zero-order valence-electron chi connectivity index (χ0n) is 13.0. The average Bonchev–Trinajstić information content (AvgIpc) is 2.59. The van der Waals surface area contributed by atoms with E-state index in [-0.39, 0.29) is 17.7 Å². The number of carbonyl (C=O) groups excluding carboxylic acids is 2. The van der Waals surface area contributed by atoms with Crippen molar-refractivity contribution in [2.75, 3.05) is 0 Å². The number of hydrogen-bond acceptors (Lipinski definition) is 3. The summed E-state index contributed by atoms with van der Waals surface area (Å²) in [6.45, 7) is 1.87. The molecule has 0 aliphatic heterocycles. The second-order valence-corrected chi connectivity index (χ2v) is 5.64. The minimum Gasteiger partial charge on any atom is -0.481 e. The van der Waals surface area contributed by atoms with Gasteiger partial charge in [-0.3, -0.25) is 20.4 Å². The molecule has 5 nitrogen and oxygen atoms in total. The fourth-order valence-electron chi connectivity index (χ4n) is 2.66. The lowest BCUT2D eigenvalue weighted by atomic mass is 9.89. The summed E-state index contributed by atoms with van der Waals surface area (Å²) in [4.78, 5) is 24.1. The molecule has 1 aliphatic rings. The number of para-hydroxylation sites is 1. The predicted octanol–water partition coefficient (Wildman–Crippen LogP) is 2.57. The minimum atomic E-state index is -0.617. The molecule has 1 unspecified atom stereocenters. The van der Waals surface area contributed by atoms with Gasteiger partial charge in [0.25, 0.3) is 5.91 Å². The Kier molecular flexibility index (Phi) is 6.25. The molecular formula is C17H24N2O3. The van der Waals surface area contributed by atoms with Crippen LogP contribution in [0.1, 0.15) is 45.4 Å². The van der Waals surface area contributed by atoms with Gasteiger partial charge in [-0.25, -0.2) is 0 Å². The molecule has 0 bridgehead atoms. The molecule has 1 saturated carbocycles. The second kappa shape index (κ2) is 8.41. The summed E-state index contributed by atoms with van der Waals surface area (Å²) >= 11 is 0. The standard InChI is InChI=1S/C17H24N2O3/c1-2-15(22-14-11-7-4-8-12-14)17(21)19-18-16(20)13-9-5-3-6-10-13/h4,7-8,11-13,15H,2-3,5-6,9-10H2,1H3,(H,18,20)(H,19,21). The van der Waals surface area contributed by atoms with Crippen molar-refractivity contribution >= 4 is 11.8 Å². The lowest BCUT2D eigenvalue weighted by molar-refractivity contribution is -0.135. The number of hydrogen-bond donors (Lipinski definition) is 2. The Balaban J connectivity index is 1.80. The summed E-state index contributed by atoms with van der Waals surface area (Å²) in [5.41, 5.74) is 5.02. The predicted molar refractivity (Wildman–Crippen MR) is 84.0 cm³/mol. The largest absolute Gasteiger partial charge is 0.481 e. The number of carbonyl (C=O) groups is 2. The van der Waals surface area contributed by atoms with Crippen LogP contribution in [0.25, 0.3) is 0 Å². The van der Waals surface area contributed by atoms with Crippen LogP contribution in [-0.4, -0.2) is 17.9 Å². The molecule has 2 rings (SSSR count). The number of amides is 2. The summed E-state index contributed by atoms with van der Waals surface area (Å²) in [5.74, 6) is 0.241. The number of hydrazine groups is 1. The maximum absolute atomic E-state index is 12.1. The van der Waals surface area contributed by atoms with Crippen molar-refractivity contribution in [2.45, 2.75) is 51.6 Å². The van der Waals surface area contributed by atoms with Gasteiger partial charge in [-0.05, 0) is 31.4 Å². The van der Waals surface area contributed by atoms with Crippen molar-refractivity contribution in [2.24, 2.45) is 5.92 Å². The minimum absolute atomic E-state index is 0.0177. The topological polar surface area (TPSA) is 67.4 Å². The van der Waals surface area contributed by atoms with Crippen LogP contribution < -0.4 is 15.6 Å². The van der Waals surface area contributed by atoms with E-state index in [4.69, 9.17) is 4.74 Å².